The molecular weight excluding hydrogens is 336 g/mol. The molecule has 0 saturated carbocycles. The normalized spacial score (nSPS) is 20.8. The molecule has 1 atom stereocenters. The fraction of sp³-hybridized carbons (Fsp3) is 0.400. The van der Waals surface area contributed by atoms with E-state index in [9.17, 15) is 13.6 Å². The van der Waals surface area contributed by atoms with Crippen LogP contribution >= 0.6 is 0 Å². The summed E-state index contributed by atoms with van der Waals surface area (Å²) in [4.78, 5) is 18.5. The minimum atomic E-state index is -3.69. The van der Waals surface area contributed by atoms with Crippen LogP contribution in [-0.4, -0.2) is 39.0 Å². The Balaban J connectivity index is 1.49. The van der Waals surface area contributed by atoms with E-state index >= 15 is 0 Å². The Morgan fingerprint density at radius 2 is 2.20 bits per heavy atom. The fourth-order valence-corrected chi connectivity index (χ4v) is 3.01. The third-order valence-electron chi connectivity index (χ3n) is 4.08. The number of amides is 2. The zero-order valence-corrected chi connectivity index (χ0v) is 13.3. The molecule has 10 heteroatoms. The number of rotatable bonds is 2. The molecule has 0 radical (unpaired) electrons. The summed E-state index contributed by atoms with van der Waals surface area (Å²) in [6, 6.07) is 3.53. The molecule has 132 valence electrons. The van der Waals surface area contributed by atoms with Gasteiger partial charge < -0.3 is 19.7 Å². The number of fused-ring (bicyclic) bond motifs is 1. The van der Waals surface area contributed by atoms with Gasteiger partial charge >= 0.3 is 12.3 Å². The molecule has 0 unspecified atom stereocenters. The molecule has 2 amide bonds. The van der Waals surface area contributed by atoms with E-state index in [0.717, 1.165) is 12.8 Å². The van der Waals surface area contributed by atoms with E-state index in [-0.39, 0.29) is 23.6 Å². The Labute approximate surface area is 141 Å². The predicted octanol–water partition coefficient (Wildman–Crippen LogP) is 2.80. The molecule has 2 aromatic rings. The number of carbonyl (C=O) groups excluding carboxylic acids is 1. The van der Waals surface area contributed by atoms with Crippen molar-refractivity contribution in [3.8, 4) is 11.5 Å². The molecule has 1 saturated heterocycles. The molecule has 25 heavy (non-hydrogen) atoms. The van der Waals surface area contributed by atoms with Crippen molar-refractivity contribution in [1.82, 2.24) is 20.1 Å². The smallest absolute Gasteiger partial charge is 0.395 e. The molecule has 1 fully saturated rings. The first-order valence-electron chi connectivity index (χ1n) is 7.78. The molecular formula is C15H15F2N5O3. The Kier molecular flexibility index (Phi) is 3.48. The van der Waals surface area contributed by atoms with Crippen LogP contribution in [0.3, 0.4) is 0 Å². The van der Waals surface area contributed by atoms with Gasteiger partial charge in [0.1, 0.15) is 5.82 Å². The van der Waals surface area contributed by atoms with Gasteiger partial charge in [0.2, 0.25) is 0 Å². The van der Waals surface area contributed by atoms with Crippen LogP contribution < -0.4 is 14.8 Å². The van der Waals surface area contributed by atoms with Crippen molar-refractivity contribution in [3.63, 3.8) is 0 Å². The number of anilines is 1. The monoisotopic (exact) mass is 351 g/mol. The first-order chi connectivity index (χ1) is 11.9. The second-order valence-electron chi connectivity index (χ2n) is 5.89. The molecule has 0 bridgehead atoms. The number of aryl methyl sites for hydroxylation is 1. The maximum absolute atomic E-state index is 13.1. The maximum Gasteiger partial charge on any atom is 0.586 e. The van der Waals surface area contributed by atoms with Gasteiger partial charge in [0.25, 0.3) is 0 Å². The van der Waals surface area contributed by atoms with Gasteiger partial charge in [-0.15, -0.1) is 8.78 Å². The number of hydrogen-bond donors (Lipinski definition) is 2. The summed E-state index contributed by atoms with van der Waals surface area (Å²) >= 11 is 0. The maximum atomic E-state index is 13.1. The van der Waals surface area contributed by atoms with Crippen LogP contribution in [0.25, 0.3) is 0 Å². The molecule has 0 spiro atoms. The Hall–Kier alpha value is -2.91. The highest BCUT2D eigenvalue weighted by atomic mass is 19.3. The lowest BCUT2D eigenvalue weighted by molar-refractivity contribution is -0.286. The summed E-state index contributed by atoms with van der Waals surface area (Å²) in [6.07, 6.45) is -2.09. The molecule has 8 nitrogen and oxygen atoms in total. The van der Waals surface area contributed by atoms with Crippen molar-refractivity contribution in [2.24, 2.45) is 0 Å². The van der Waals surface area contributed by atoms with E-state index in [1.165, 1.54) is 18.2 Å². The van der Waals surface area contributed by atoms with Gasteiger partial charge in [0.05, 0.1) is 6.04 Å². The van der Waals surface area contributed by atoms with Crippen molar-refractivity contribution in [2.45, 2.75) is 32.1 Å². The number of H-pyrrole nitrogens is 1. The summed E-state index contributed by atoms with van der Waals surface area (Å²) in [5.74, 6) is 1.05. The molecule has 2 N–H and O–H groups in total. The van der Waals surface area contributed by atoms with Crippen LogP contribution in [0.15, 0.2) is 18.2 Å². The van der Waals surface area contributed by atoms with E-state index in [2.05, 4.69) is 30.0 Å². The number of likely N-dealkylation sites (tertiary alicyclic amines) is 1. The first kappa shape index (κ1) is 15.6. The predicted molar refractivity (Wildman–Crippen MR) is 81.5 cm³/mol. The minimum absolute atomic E-state index is 0.0711. The van der Waals surface area contributed by atoms with Gasteiger partial charge in [0.15, 0.2) is 17.3 Å². The van der Waals surface area contributed by atoms with Gasteiger partial charge in [0, 0.05) is 18.3 Å². The van der Waals surface area contributed by atoms with Crippen LogP contribution in [0.2, 0.25) is 0 Å². The highest BCUT2D eigenvalue weighted by Crippen LogP contribution is 2.42. The Morgan fingerprint density at radius 1 is 1.40 bits per heavy atom. The lowest BCUT2D eigenvalue weighted by Gasteiger charge is -2.22. The lowest BCUT2D eigenvalue weighted by atomic mass is 10.2. The van der Waals surface area contributed by atoms with Gasteiger partial charge in [-0.2, -0.15) is 5.10 Å². The molecule has 2 aliphatic heterocycles. The van der Waals surface area contributed by atoms with Crippen LogP contribution in [-0.2, 0) is 0 Å². The zero-order chi connectivity index (χ0) is 17.6. The second kappa shape index (κ2) is 5.57. The topological polar surface area (TPSA) is 92.4 Å². The lowest BCUT2D eigenvalue weighted by Crippen LogP contribution is -2.34. The summed E-state index contributed by atoms with van der Waals surface area (Å²) in [5, 5.41) is 9.58. The molecule has 1 aromatic carbocycles. The number of nitrogens with one attached hydrogen (secondary N) is 2. The van der Waals surface area contributed by atoms with Crippen molar-refractivity contribution in [2.75, 3.05) is 11.9 Å². The summed E-state index contributed by atoms with van der Waals surface area (Å²) in [7, 11) is 0. The van der Waals surface area contributed by atoms with E-state index in [0.29, 0.717) is 23.9 Å². The molecule has 3 heterocycles. The highest BCUT2D eigenvalue weighted by Gasteiger charge is 2.43. The number of urea groups is 1. The SMILES string of the molecule is Cc1nc([C@H]2CCCN2C(=O)Nc2ccc3c(c2)OC(F)(F)O3)n[nH]1. The average molecular weight is 351 g/mol. The number of aromatic amines is 1. The summed E-state index contributed by atoms with van der Waals surface area (Å²) in [6.45, 7) is 2.35. The molecule has 4 rings (SSSR count). The standard InChI is InChI=1S/C15H15F2N5O3/c1-8-18-13(21-20-8)10-3-2-6-22(10)14(23)19-9-4-5-11-12(7-9)25-15(16,17)24-11/h4-5,7,10H,2-3,6H2,1H3,(H,19,23)(H,18,20,21)/t10-/m1/s1. The number of ether oxygens (including phenoxy) is 2. The third-order valence-corrected chi connectivity index (χ3v) is 4.08. The van der Waals surface area contributed by atoms with Gasteiger partial charge in [-0.1, -0.05) is 0 Å². The largest absolute Gasteiger partial charge is 0.586 e. The number of halogens is 2. The number of carbonyl (C=O) groups is 1. The van der Waals surface area contributed by atoms with Crippen molar-refractivity contribution in [1.29, 1.82) is 0 Å². The van der Waals surface area contributed by atoms with E-state index < -0.39 is 6.29 Å². The molecule has 2 aliphatic rings. The number of benzene rings is 1. The quantitative estimate of drug-likeness (QED) is 0.868. The van der Waals surface area contributed by atoms with E-state index in [1.807, 2.05) is 0 Å². The first-order valence-corrected chi connectivity index (χ1v) is 7.78. The van der Waals surface area contributed by atoms with Crippen LogP contribution in [0.5, 0.6) is 11.5 Å². The zero-order valence-electron chi connectivity index (χ0n) is 13.3. The van der Waals surface area contributed by atoms with Crippen LogP contribution in [0.1, 0.15) is 30.5 Å². The summed E-state index contributed by atoms with van der Waals surface area (Å²) in [5.41, 5.74) is 0.335. The van der Waals surface area contributed by atoms with Crippen molar-refractivity contribution in [3.05, 3.63) is 29.8 Å². The third kappa shape index (κ3) is 2.94. The highest BCUT2D eigenvalue weighted by molar-refractivity contribution is 5.90. The van der Waals surface area contributed by atoms with Gasteiger partial charge in [-0.3, -0.25) is 5.10 Å². The Bertz CT molecular complexity index is 825. The van der Waals surface area contributed by atoms with Gasteiger partial charge in [-0.25, -0.2) is 9.78 Å². The average Bonchev–Trinajstić information content (AvgIpc) is 3.23. The Morgan fingerprint density at radius 3 is 2.96 bits per heavy atom. The number of nitrogens with zero attached hydrogens (tertiary/aromatic N) is 3. The van der Waals surface area contributed by atoms with Crippen molar-refractivity contribution >= 4 is 11.7 Å². The number of alkyl halides is 2. The molecule has 0 aliphatic carbocycles. The van der Waals surface area contributed by atoms with Crippen molar-refractivity contribution < 1.29 is 23.0 Å². The van der Waals surface area contributed by atoms with E-state index in [4.69, 9.17) is 0 Å². The number of aromatic nitrogens is 3. The number of hydrogen-bond acceptors (Lipinski definition) is 5. The fourth-order valence-electron chi connectivity index (χ4n) is 3.01. The van der Waals surface area contributed by atoms with E-state index in [1.54, 1.807) is 11.8 Å². The summed E-state index contributed by atoms with van der Waals surface area (Å²) < 4.78 is 34.8. The molecule has 1 aromatic heterocycles. The van der Waals surface area contributed by atoms with Gasteiger partial charge in [-0.05, 0) is 31.9 Å². The second-order valence-corrected chi connectivity index (χ2v) is 5.89. The van der Waals surface area contributed by atoms with Crippen LogP contribution in [0, 0.1) is 6.92 Å². The minimum Gasteiger partial charge on any atom is -0.395 e. The van der Waals surface area contributed by atoms with Crippen LogP contribution in [0.4, 0.5) is 19.3 Å².